The maximum atomic E-state index is 9.35. The van der Waals surface area contributed by atoms with Crippen LogP contribution >= 0.6 is 15.9 Å². The summed E-state index contributed by atoms with van der Waals surface area (Å²) < 4.78 is 0.997. The fraction of sp³-hybridized carbons (Fsp3) is 0.118. The van der Waals surface area contributed by atoms with Crippen molar-refractivity contribution in [2.75, 3.05) is 5.01 Å². The second-order valence-electron chi connectivity index (χ2n) is 4.97. The normalized spacial score (nSPS) is 17.8. The molecule has 0 aliphatic carbocycles. The molecule has 22 heavy (non-hydrogen) atoms. The summed E-state index contributed by atoms with van der Waals surface area (Å²) in [5, 5.41) is 23.7. The lowest BCUT2D eigenvalue weighted by Crippen LogP contribution is -2.37. The van der Waals surface area contributed by atoms with E-state index in [0.29, 0.717) is 6.42 Å². The third-order valence-electron chi connectivity index (χ3n) is 3.51. The van der Waals surface area contributed by atoms with Crippen molar-refractivity contribution in [2.24, 2.45) is 11.0 Å². The zero-order valence-corrected chi connectivity index (χ0v) is 13.3. The van der Waals surface area contributed by atoms with Crippen LogP contribution in [0, 0.1) is 22.7 Å². The summed E-state index contributed by atoms with van der Waals surface area (Å²) in [6, 6.07) is 19.5. The van der Waals surface area contributed by atoms with Crippen LogP contribution in [0.5, 0.6) is 0 Å². The van der Waals surface area contributed by atoms with Crippen LogP contribution in [0.15, 0.2) is 64.2 Å². The molecule has 3 rings (SSSR count). The van der Waals surface area contributed by atoms with Gasteiger partial charge in [-0.2, -0.15) is 10.4 Å². The second kappa shape index (κ2) is 6.12. The fourth-order valence-corrected chi connectivity index (χ4v) is 2.61. The third kappa shape index (κ3) is 2.78. The molecule has 0 aromatic heterocycles. The number of nitriles is 1. The predicted molar refractivity (Wildman–Crippen MR) is 91.0 cm³/mol. The Balaban J connectivity index is 2.04. The summed E-state index contributed by atoms with van der Waals surface area (Å²) in [5.41, 5.74) is 2.58. The summed E-state index contributed by atoms with van der Waals surface area (Å²) in [7, 11) is 0. The second-order valence-corrected chi connectivity index (χ2v) is 5.89. The topological polar surface area (TPSA) is 63.2 Å². The average molecular weight is 353 g/mol. The van der Waals surface area contributed by atoms with Gasteiger partial charge in [-0.3, -0.25) is 5.41 Å². The van der Waals surface area contributed by atoms with E-state index in [1.54, 1.807) is 5.01 Å². The number of benzene rings is 2. The Bertz CT molecular complexity index is 759. The molecule has 1 N–H and O–H groups in total. The van der Waals surface area contributed by atoms with Gasteiger partial charge < -0.3 is 0 Å². The Morgan fingerprint density at radius 3 is 2.45 bits per heavy atom. The molecule has 1 aliphatic heterocycles. The summed E-state index contributed by atoms with van der Waals surface area (Å²) in [4.78, 5) is 0. The van der Waals surface area contributed by atoms with Crippen LogP contribution in [0.3, 0.4) is 0 Å². The number of halogens is 1. The molecule has 0 fully saturated rings. The summed E-state index contributed by atoms with van der Waals surface area (Å²) in [6.45, 7) is 0. The van der Waals surface area contributed by atoms with Crippen LogP contribution in [-0.2, 0) is 0 Å². The Labute approximate surface area is 137 Å². The van der Waals surface area contributed by atoms with Crippen molar-refractivity contribution >= 4 is 33.2 Å². The van der Waals surface area contributed by atoms with Crippen LogP contribution in [0.25, 0.3) is 0 Å². The molecule has 0 saturated carbocycles. The molecule has 0 bridgehead atoms. The number of para-hydroxylation sites is 1. The quantitative estimate of drug-likeness (QED) is 0.880. The highest BCUT2D eigenvalue weighted by molar-refractivity contribution is 9.10. The maximum absolute atomic E-state index is 9.35. The van der Waals surface area contributed by atoms with Crippen LogP contribution in [0.1, 0.15) is 12.0 Å². The Morgan fingerprint density at radius 2 is 1.82 bits per heavy atom. The molecule has 0 spiro atoms. The van der Waals surface area contributed by atoms with Gasteiger partial charge in [-0.1, -0.05) is 46.3 Å². The van der Waals surface area contributed by atoms with Gasteiger partial charge in [-0.15, -0.1) is 0 Å². The van der Waals surface area contributed by atoms with Gasteiger partial charge in [0.1, 0.15) is 11.8 Å². The van der Waals surface area contributed by atoms with Crippen molar-refractivity contribution in [1.82, 2.24) is 0 Å². The minimum atomic E-state index is -0.489. The number of hydrogen-bond donors (Lipinski definition) is 1. The first-order valence-corrected chi connectivity index (χ1v) is 7.65. The molecule has 1 aliphatic rings. The van der Waals surface area contributed by atoms with E-state index in [1.807, 2.05) is 54.6 Å². The van der Waals surface area contributed by atoms with Crippen molar-refractivity contribution < 1.29 is 0 Å². The lowest BCUT2D eigenvalue weighted by atomic mass is 9.95. The smallest absolute Gasteiger partial charge is 0.140 e. The molecule has 4 nitrogen and oxygen atoms in total. The molecule has 1 atom stereocenters. The molecule has 1 unspecified atom stereocenters. The zero-order chi connectivity index (χ0) is 15.5. The Morgan fingerprint density at radius 1 is 1.14 bits per heavy atom. The standard InChI is InChI=1S/C17H13BrN4/c18-14-8-6-12(7-9-14)16-10-13(11-19)17(20)22(21-16)15-4-2-1-3-5-15/h1-9,13,20H,10H2. The zero-order valence-electron chi connectivity index (χ0n) is 11.7. The molecular weight excluding hydrogens is 340 g/mol. The highest BCUT2D eigenvalue weighted by Crippen LogP contribution is 2.26. The van der Waals surface area contributed by atoms with Gasteiger partial charge in [0.05, 0.1) is 17.5 Å². The van der Waals surface area contributed by atoms with Gasteiger partial charge in [0.15, 0.2) is 0 Å². The molecule has 0 amide bonds. The fourth-order valence-electron chi connectivity index (χ4n) is 2.34. The average Bonchev–Trinajstić information content (AvgIpc) is 2.57. The summed E-state index contributed by atoms with van der Waals surface area (Å²) in [5.74, 6) is -0.272. The van der Waals surface area contributed by atoms with Gasteiger partial charge in [0.25, 0.3) is 0 Å². The van der Waals surface area contributed by atoms with Crippen molar-refractivity contribution in [2.45, 2.75) is 6.42 Å². The molecule has 108 valence electrons. The van der Waals surface area contributed by atoms with E-state index in [4.69, 9.17) is 5.41 Å². The van der Waals surface area contributed by atoms with Crippen LogP contribution in [0.4, 0.5) is 5.69 Å². The van der Waals surface area contributed by atoms with E-state index in [1.165, 1.54) is 0 Å². The van der Waals surface area contributed by atoms with Crippen LogP contribution < -0.4 is 5.01 Å². The first-order valence-electron chi connectivity index (χ1n) is 6.85. The van der Waals surface area contributed by atoms with Gasteiger partial charge in [0, 0.05) is 10.9 Å². The van der Waals surface area contributed by atoms with Crippen molar-refractivity contribution in [3.63, 3.8) is 0 Å². The number of hydrogen-bond acceptors (Lipinski definition) is 3. The van der Waals surface area contributed by atoms with Crippen LogP contribution in [-0.4, -0.2) is 11.5 Å². The van der Waals surface area contributed by atoms with Gasteiger partial charge in [-0.05, 0) is 29.8 Å². The lowest BCUT2D eigenvalue weighted by molar-refractivity contribution is 0.836. The number of hydrazone groups is 1. The summed E-state index contributed by atoms with van der Waals surface area (Å²) >= 11 is 3.42. The number of nitrogens with one attached hydrogen (secondary N) is 1. The van der Waals surface area contributed by atoms with Gasteiger partial charge in [-0.25, -0.2) is 5.01 Å². The van der Waals surface area contributed by atoms with Crippen molar-refractivity contribution in [3.05, 3.63) is 64.6 Å². The van der Waals surface area contributed by atoms with E-state index in [9.17, 15) is 5.26 Å². The van der Waals surface area contributed by atoms with Crippen molar-refractivity contribution in [1.29, 1.82) is 10.7 Å². The SMILES string of the molecule is N#CC1CC(c2ccc(Br)cc2)=NN(c2ccccc2)C1=N. The minimum Gasteiger partial charge on any atom is -0.285 e. The van der Waals surface area contributed by atoms with E-state index in [2.05, 4.69) is 27.1 Å². The maximum Gasteiger partial charge on any atom is 0.140 e. The highest BCUT2D eigenvalue weighted by atomic mass is 79.9. The molecule has 1 heterocycles. The Hall–Kier alpha value is -2.45. The lowest BCUT2D eigenvalue weighted by Gasteiger charge is -2.29. The molecular formula is C17H13BrN4. The molecule has 2 aromatic rings. The number of anilines is 1. The molecule has 0 radical (unpaired) electrons. The molecule has 0 saturated heterocycles. The largest absolute Gasteiger partial charge is 0.285 e. The number of amidine groups is 1. The predicted octanol–water partition coefficient (Wildman–Crippen LogP) is 4.18. The number of rotatable bonds is 2. The first kappa shape index (κ1) is 14.5. The van der Waals surface area contributed by atoms with Gasteiger partial charge >= 0.3 is 0 Å². The number of nitrogens with zero attached hydrogens (tertiary/aromatic N) is 3. The summed E-state index contributed by atoms with van der Waals surface area (Å²) in [6.07, 6.45) is 0.459. The molecule has 2 aromatic carbocycles. The molecule has 5 heteroatoms. The van der Waals surface area contributed by atoms with E-state index >= 15 is 0 Å². The van der Waals surface area contributed by atoms with E-state index < -0.39 is 5.92 Å². The minimum absolute atomic E-state index is 0.217. The Kier molecular flexibility index (Phi) is 4.03. The van der Waals surface area contributed by atoms with E-state index in [0.717, 1.165) is 21.4 Å². The van der Waals surface area contributed by atoms with Crippen LogP contribution in [0.2, 0.25) is 0 Å². The van der Waals surface area contributed by atoms with E-state index in [-0.39, 0.29) is 5.84 Å². The monoisotopic (exact) mass is 352 g/mol. The first-order chi connectivity index (χ1) is 10.7. The highest BCUT2D eigenvalue weighted by Gasteiger charge is 2.29. The van der Waals surface area contributed by atoms with Crippen molar-refractivity contribution in [3.8, 4) is 6.07 Å². The third-order valence-corrected chi connectivity index (χ3v) is 4.04. The van der Waals surface area contributed by atoms with Gasteiger partial charge in [0.2, 0.25) is 0 Å².